The van der Waals surface area contributed by atoms with Crippen LogP contribution in [-0.4, -0.2) is 6.54 Å². The molecule has 0 saturated heterocycles. The van der Waals surface area contributed by atoms with Crippen LogP contribution in [0, 0.1) is 17.2 Å². The van der Waals surface area contributed by atoms with Crippen LogP contribution in [0.1, 0.15) is 25.3 Å². The fourth-order valence-corrected chi connectivity index (χ4v) is 2.93. The lowest BCUT2D eigenvalue weighted by Gasteiger charge is -2.05. The molecule has 0 aromatic heterocycles. The van der Waals surface area contributed by atoms with Gasteiger partial charge in [-0.3, -0.25) is 0 Å². The minimum atomic E-state index is -0.118. The fraction of sp³-hybridized carbons (Fsp3) is 0.500. The molecule has 2 rings (SSSR count). The van der Waals surface area contributed by atoms with E-state index in [9.17, 15) is 4.39 Å². The van der Waals surface area contributed by atoms with Crippen molar-refractivity contribution in [2.24, 2.45) is 17.1 Å². The summed E-state index contributed by atoms with van der Waals surface area (Å²) < 4.78 is 14.6. The van der Waals surface area contributed by atoms with Crippen molar-refractivity contribution in [2.75, 3.05) is 6.54 Å². The number of rotatable bonds is 2. The first-order chi connectivity index (χ1) is 6.98. The Morgan fingerprint density at radius 2 is 2.13 bits per heavy atom. The summed E-state index contributed by atoms with van der Waals surface area (Å²) in [7, 11) is 0. The Kier molecular flexibility index (Phi) is 2.63. The van der Waals surface area contributed by atoms with Gasteiger partial charge in [0.15, 0.2) is 0 Å². The monoisotopic (exact) mass is 271 g/mol. The molecule has 0 amide bonds. The second-order valence-electron chi connectivity index (χ2n) is 4.81. The van der Waals surface area contributed by atoms with Gasteiger partial charge < -0.3 is 5.73 Å². The summed E-state index contributed by atoms with van der Waals surface area (Å²) in [6, 6.07) is 5.12. The molecule has 82 valence electrons. The van der Waals surface area contributed by atoms with E-state index in [-0.39, 0.29) is 17.2 Å². The van der Waals surface area contributed by atoms with E-state index in [1.807, 2.05) is 6.07 Å². The number of nitrogens with two attached hydrogens (primary N) is 1. The molecule has 1 aromatic carbocycles. The van der Waals surface area contributed by atoms with Crippen molar-refractivity contribution in [1.82, 2.24) is 0 Å². The fourth-order valence-electron chi connectivity index (χ4n) is 2.55. The maximum atomic E-state index is 13.7. The van der Waals surface area contributed by atoms with Crippen LogP contribution in [0.4, 0.5) is 4.39 Å². The normalized spacial score (nSPS) is 27.8. The van der Waals surface area contributed by atoms with Gasteiger partial charge in [0, 0.05) is 4.47 Å². The molecule has 15 heavy (non-hydrogen) atoms. The Labute approximate surface area is 98.0 Å². The van der Waals surface area contributed by atoms with Gasteiger partial charge in [-0.2, -0.15) is 0 Å². The average Bonchev–Trinajstić information content (AvgIpc) is 2.72. The molecule has 0 spiro atoms. The standard InChI is InChI=1S/C12H15BrFN/c1-12(2)9(6-15)11(12)8-5-7(13)3-4-10(8)14/h3-5,9,11H,6,15H2,1-2H3/t9-,11-/m0/s1. The Bertz CT molecular complexity index is 389. The van der Waals surface area contributed by atoms with Crippen molar-refractivity contribution >= 4 is 15.9 Å². The van der Waals surface area contributed by atoms with Gasteiger partial charge in [-0.15, -0.1) is 0 Å². The average molecular weight is 272 g/mol. The molecule has 0 bridgehead atoms. The van der Waals surface area contributed by atoms with E-state index in [0.717, 1.165) is 10.0 Å². The third kappa shape index (κ3) is 1.72. The van der Waals surface area contributed by atoms with Crippen LogP contribution >= 0.6 is 15.9 Å². The number of benzene rings is 1. The van der Waals surface area contributed by atoms with Crippen molar-refractivity contribution < 1.29 is 4.39 Å². The van der Waals surface area contributed by atoms with Crippen LogP contribution < -0.4 is 5.73 Å². The minimum absolute atomic E-state index is 0.118. The first-order valence-electron chi connectivity index (χ1n) is 5.13. The molecule has 1 aliphatic rings. The Morgan fingerprint density at radius 1 is 1.47 bits per heavy atom. The molecule has 1 saturated carbocycles. The summed E-state index contributed by atoms with van der Waals surface area (Å²) in [6.07, 6.45) is 0. The molecule has 0 aliphatic heterocycles. The van der Waals surface area contributed by atoms with E-state index >= 15 is 0 Å². The van der Waals surface area contributed by atoms with E-state index in [1.54, 1.807) is 6.07 Å². The lowest BCUT2D eigenvalue weighted by Crippen LogP contribution is -2.05. The highest BCUT2D eigenvalue weighted by atomic mass is 79.9. The predicted molar refractivity (Wildman–Crippen MR) is 63.2 cm³/mol. The van der Waals surface area contributed by atoms with Crippen molar-refractivity contribution in [3.63, 3.8) is 0 Å². The Morgan fingerprint density at radius 3 is 2.67 bits per heavy atom. The van der Waals surface area contributed by atoms with Gasteiger partial charge in [0.1, 0.15) is 5.82 Å². The molecule has 3 heteroatoms. The van der Waals surface area contributed by atoms with Crippen molar-refractivity contribution in [2.45, 2.75) is 19.8 Å². The summed E-state index contributed by atoms with van der Waals surface area (Å²) in [5, 5.41) is 0. The number of halogens is 2. The molecular formula is C12H15BrFN. The van der Waals surface area contributed by atoms with Crippen LogP contribution in [0.25, 0.3) is 0 Å². The highest BCUT2D eigenvalue weighted by Gasteiger charge is 2.57. The smallest absolute Gasteiger partial charge is 0.126 e. The van der Waals surface area contributed by atoms with E-state index < -0.39 is 0 Å². The van der Waals surface area contributed by atoms with Crippen LogP contribution in [-0.2, 0) is 0 Å². The van der Waals surface area contributed by atoms with Gasteiger partial charge in [-0.25, -0.2) is 4.39 Å². The van der Waals surface area contributed by atoms with Crippen molar-refractivity contribution in [3.05, 3.63) is 34.1 Å². The highest BCUT2D eigenvalue weighted by molar-refractivity contribution is 9.10. The lowest BCUT2D eigenvalue weighted by molar-refractivity contribution is 0.551. The Balaban J connectivity index is 2.36. The van der Waals surface area contributed by atoms with Crippen LogP contribution in [0.3, 0.4) is 0 Å². The first-order valence-corrected chi connectivity index (χ1v) is 5.92. The molecule has 1 nitrogen and oxygen atoms in total. The summed E-state index contributed by atoms with van der Waals surface area (Å²) in [4.78, 5) is 0. The van der Waals surface area contributed by atoms with Crippen LogP contribution in [0.2, 0.25) is 0 Å². The maximum Gasteiger partial charge on any atom is 0.126 e. The predicted octanol–water partition coefficient (Wildman–Crippen LogP) is 3.29. The summed E-state index contributed by atoms with van der Waals surface area (Å²) >= 11 is 3.37. The van der Waals surface area contributed by atoms with Gasteiger partial charge >= 0.3 is 0 Å². The SMILES string of the molecule is CC1(C)[C@@H](CN)[C@@H]1c1cc(Br)ccc1F. The first kappa shape index (κ1) is 11.1. The van der Waals surface area contributed by atoms with Gasteiger partial charge in [0.25, 0.3) is 0 Å². The molecule has 1 fully saturated rings. The number of hydrogen-bond donors (Lipinski definition) is 1. The molecule has 0 radical (unpaired) electrons. The van der Waals surface area contributed by atoms with Crippen LogP contribution in [0.5, 0.6) is 0 Å². The van der Waals surface area contributed by atoms with Gasteiger partial charge in [0.05, 0.1) is 0 Å². The van der Waals surface area contributed by atoms with Gasteiger partial charge in [-0.1, -0.05) is 29.8 Å². The maximum absolute atomic E-state index is 13.7. The highest BCUT2D eigenvalue weighted by Crippen LogP contribution is 2.64. The summed E-state index contributed by atoms with van der Waals surface area (Å²) in [6.45, 7) is 4.93. The van der Waals surface area contributed by atoms with E-state index in [2.05, 4.69) is 29.8 Å². The zero-order valence-corrected chi connectivity index (χ0v) is 10.5. The topological polar surface area (TPSA) is 26.0 Å². The molecule has 2 atom stereocenters. The molecular weight excluding hydrogens is 257 g/mol. The van der Waals surface area contributed by atoms with Crippen molar-refractivity contribution in [3.8, 4) is 0 Å². The largest absolute Gasteiger partial charge is 0.330 e. The molecule has 2 N–H and O–H groups in total. The third-order valence-electron chi connectivity index (χ3n) is 3.60. The molecule has 0 unspecified atom stereocenters. The quantitative estimate of drug-likeness (QED) is 0.878. The van der Waals surface area contributed by atoms with E-state index in [4.69, 9.17) is 5.73 Å². The molecule has 0 heterocycles. The van der Waals surface area contributed by atoms with Crippen LogP contribution in [0.15, 0.2) is 22.7 Å². The minimum Gasteiger partial charge on any atom is -0.330 e. The summed E-state index contributed by atoms with van der Waals surface area (Å²) in [5.41, 5.74) is 6.62. The Hall–Kier alpha value is -0.410. The number of hydrogen-bond acceptors (Lipinski definition) is 1. The molecule has 1 aromatic rings. The van der Waals surface area contributed by atoms with Crippen molar-refractivity contribution in [1.29, 1.82) is 0 Å². The third-order valence-corrected chi connectivity index (χ3v) is 4.09. The van der Waals surface area contributed by atoms with Gasteiger partial charge in [0.2, 0.25) is 0 Å². The van der Waals surface area contributed by atoms with E-state index in [1.165, 1.54) is 6.07 Å². The second kappa shape index (κ2) is 3.56. The zero-order valence-electron chi connectivity index (χ0n) is 8.93. The molecule has 1 aliphatic carbocycles. The second-order valence-corrected chi connectivity index (χ2v) is 5.72. The lowest BCUT2D eigenvalue weighted by atomic mass is 10.0. The zero-order chi connectivity index (χ0) is 11.2. The van der Waals surface area contributed by atoms with Gasteiger partial charge in [-0.05, 0) is 47.6 Å². The van der Waals surface area contributed by atoms with E-state index in [0.29, 0.717) is 12.5 Å². The summed E-state index contributed by atoms with van der Waals surface area (Å²) in [5.74, 6) is 0.550.